The van der Waals surface area contributed by atoms with Crippen LogP contribution >= 0.6 is 23.5 Å². The summed E-state index contributed by atoms with van der Waals surface area (Å²) < 4.78 is 2.42. The van der Waals surface area contributed by atoms with Gasteiger partial charge in [0, 0.05) is 31.1 Å². The van der Waals surface area contributed by atoms with E-state index in [9.17, 15) is 0 Å². The highest BCUT2D eigenvalue weighted by atomic mass is 32.2. The lowest BCUT2D eigenvalue weighted by Crippen LogP contribution is -2.37. The molecule has 6 aromatic carbocycles. The van der Waals surface area contributed by atoms with Crippen molar-refractivity contribution in [2.75, 3.05) is 0 Å². The van der Waals surface area contributed by atoms with E-state index in [4.69, 9.17) is 0 Å². The van der Waals surface area contributed by atoms with E-state index in [2.05, 4.69) is 168 Å². The van der Waals surface area contributed by atoms with Crippen molar-refractivity contribution in [3.8, 4) is 16.8 Å². The van der Waals surface area contributed by atoms with Crippen molar-refractivity contribution >= 4 is 50.9 Å². The molecule has 1 aromatic heterocycles. The minimum atomic E-state index is -0.404. The molecule has 0 saturated heterocycles. The molecule has 0 amide bonds. The first kappa shape index (κ1) is 30.4. The van der Waals surface area contributed by atoms with Gasteiger partial charge in [0.25, 0.3) is 0 Å². The van der Waals surface area contributed by atoms with Crippen LogP contribution in [0.1, 0.15) is 47.9 Å². The molecule has 0 bridgehead atoms. The molecule has 7 aromatic rings. The van der Waals surface area contributed by atoms with Gasteiger partial charge in [0.15, 0.2) is 0 Å². The van der Waals surface area contributed by atoms with Crippen molar-refractivity contribution < 1.29 is 0 Å². The van der Waals surface area contributed by atoms with Crippen LogP contribution in [0.25, 0.3) is 44.2 Å². The molecule has 0 fully saturated rings. The summed E-state index contributed by atoms with van der Waals surface area (Å²) in [5, 5.41) is 2.56. The molecule has 1 nitrogen and oxygen atoms in total. The smallest absolute Gasteiger partial charge is 0.0742 e. The van der Waals surface area contributed by atoms with Crippen LogP contribution in [0.15, 0.2) is 189 Å². The van der Waals surface area contributed by atoms with Gasteiger partial charge in [-0.15, -0.1) is 0 Å². The third-order valence-electron chi connectivity index (χ3n) is 11.4. The first-order chi connectivity index (χ1) is 25.8. The highest BCUT2D eigenvalue weighted by Crippen LogP contribution is 2.63. The fourth-order valence-electron chi connectivity index (χ4n) is 9.09. The van der Waals surface area contributed by atoms with Crippen molar-refractivity contribution in [3.63, 3.8) is 0 Å². The minimum Gasteiger partial charge on any atom is -0.309 e. The summed E-state index contributed by atoms with van der Waals surface area (Å²) in [6.07, 6.45) is 16.3. The fourth-order valence-corrected chi connectivity index (χ4v) is 11.6. The molecule has 3 heterocycles. The number of rotatable bonds is 3. The van der Waals surface area contributed by atoms with Crippen LogP contribution in [0.2, 0.25) is 0 Å². The number of hydrogen-bond donors (Lipinski definition) is 0. The van der Waals surface area contributed by atoms with Crippen LogP contribution in [0.5, 0.6) is 0 Å². The molecule has 0 radical (unpaired) electrons. The average molecular weight is 702 g/mol. The molecule has 248 valence electrons. The zero-order valence-corrected chi connectivity index (χ0v) is 30.3. The molecule has 3 heteroatoms. The van der Waals surface area contributed by atoms with E-state index >= 15 is 0 Å². The van der Waals surface area contributed by atoms with Gasteiger partial charge < -0.3 is 4.57 Å². The zero-order valence-electron chi connectivity index (χ0n) is 28.7. The molecule has 2 aliphatic carbocycles. The lowest BCUT2D eigenvalue weighted by Gasteiger charge is -2.47. The number of thioether (sulfide) groups is 1. The van der Waals surface area contributed by atoms with E-state index in [0.717, 1.165) is 25.7 Å². The monoisotopic (exact) mass is 701 g/mol. The highest BCUT2D eigenvalue weighted by Gasteiger charge is 2.49. The van der Waals surface area contributed by atoms with Gasteiger partial charge in [0.05, 0.1) is 16.4 Å². The SMILES string of the molecule is C1=CC(c2ccc3c(c2)SC2=C(C=CCC2)C32c3ccccc3Sc3ccc(-c4ccc5c6ccccc6n(-c6ccccc6)c5c4)cc32)=CCC1. The standard InChI is InChI=1S/C49H35NS2/c1-3-13-32(14-4-1)35-24-27-41-48(31-35)52-46-22-12-9-19-40(46)49(41)39-18-8-11-21-45(39)51-47-28-25-33(29-42(47)49)34-23-26-38-37-17-7-10-20-43(37)50(44(38)30-34)36-15-5-2-6-16-36/h2-3,5-11,13-21,23-31H,1,4,12,22H2. The van der Waals surface area contributed by atoms with E-state index in [0.29, 0.717) is 0 Å². The van der Waals surface area contributed by atoms with Gasteiger partial charge in [-0.1, -0.05) is 139 Å². The third-order valence-corrected chi connectivity index (χ3v) is 13.8. The summed E-state index contributed by atoms with van der Waals surface area (Å²) in [4.78, 5) is 5.58. The number of allylic oxidation sites excluding steroid dienone is 8. The minimum absolute atomic E-state index is 0.404. The maximum absolute atomic E-state index is 2.53. The summed E-state index contributed by atoms with van der Waals surface area (Å²) in [5.74, 6) is 0. The Hall–Kier alpha value is -5.22. The number of nitrogens with zero attached hydrogens (tertiary/aromatic N) is 1. The average Bonchev–Trinajstić information content (AvgIpc) is 3.55. The Labute approximate surface area is 313 Å². The van der Waals surface area contributed by atoms with Gasteiger partial charge in [-0.2, -0.15) is 0 Å². The molecule has 0 saturated carbocycles. The summed E-state index contributed by atoms with van der Waals surface area (Å²) in [6.45, 7) is 0. The van der Waals surface area contributed by atoms with E-state index < -0.39 is 5.41 Å². The number of benzene rings is 6. The number of hydrogen-bond acceptors (Lipinski definition) is 2. The van der Waals surface area contributed by atoms with E-state index in [1.807, 2.05) is 23.5 Å². The van der Waals surface area contributed by atoms with Crippen molar-refractivity contribution in [2.45, 2.75) is 45.8 Å². The van der Waals surface area contributed by atoms with Crippen molar-refractivity contribution in [1.82, 2.24) is 4.57 Å². The molecule has 1 unspecified atom stereocenters. The summed E-state index contributed by atoms with van der Waals surface area (Å²) >= 11 is 3.93. The zero-order chi connectivity index (χ0) is 34.2. The number of para-hydroxylation sites is 2. The summed E-state index contributed by atoms with van der Waals surface area (Å²) in [5.41, 5.74) is 14.0. The number of aromatic nitrogens is 1. The van der Waals surface area contributed by atoms with E-state index in [-0.39, 0.29) is 0 Å². The molecule has 1 spiro atoms. The number of fused-ring (bicyclic) bond motifs is 10. The van der Waals surface area contributed by atoms with Gasteiger partial charge in [-0.25, -0.2) is 0 Å². The topological polar surface area (TPSA) is 4.93 Å². The Bertz CT molecular complexity index is 2740. The van der Waals surface area contributed by atoms with Crippen molar-refractivity contribution in [1.29, 1.82) is 0 Å². The van der Waals surface area contributed by atoms with Crippen LogP contribution < -0.4 is 0 Å². The van der Waals surface area contributed by atoms with Crippen LogP contribution in [-0.4, -0.2) is 4.57 Å². The molecule has 1 atom stereocenters. The Morgan fingerprint density at radius 3 is 2.17 bits per heavy atom. The Morgan fingerprint density at radius 2 is 1.25 bits per heavy atom. The molecule has 0 N–H and O–H groups in total. The van der Waals surface area contributed by atoms with Crippen molar-refractivity contribution in [2.24, 2.45) is 0 Å². The third kappa shape index (κ3) is 4.46. The van der Waals surface area contributed by atoms with Gasteiger partial charge in [-0.05, 0) is 124 Å². The van der Waals surface area contributed by atoms with Gasteiger partial charge in [-0.3, -0.25) is 0 Å². The normalized spacial score (nSPS) is 18.7. The maximum atomic E-state index is 2.53. The predicted molar refractivity (Wildman–Crippen MR) is 221 cm³/mol. The quantitative estimate of drug-likeness (QED) is 0.181. The van der Waals surface area contributed by atoms with Gasteiger partial charge in [0.1, 0.15) is 0 Å². The Balaban J connectivity index is 1.16. The predicted octanol–water partition coefficient (Wildman–Crippen LogP) is 13.7. The van der Waals surface area contributed by atoms with Crippen LogP contribution in [0, 0.1) is 0 Å². The summed E-state index contributed by atoms with van der Waals surface area (Å²) in [7, 11) is 0. The second kappa shape index (κ2) is 11.9. The molecular weight excluding hydrogens is 667 g/mol. The van der Waals surface area contributed by atoms with E-state index in [1.165, 1.54) is 91.6 Å². The Morgan fingerprint density at radius 1 is 0.500 bits per heavy atom. The van der Waals surface area contributed by atoms with Crippen LogP contribution in [0.3, 0.4) is 0 Å². The van der Waals surface area contributed by atoms with Gasteiger partial charge >= 0.3 is 0 Å². The van der Waals surface area contributed by atoms with Crippen LogP contribution in [-0.2, 0) is 5.41 Å². The van der Waals surface area contributed by atoms with Crippen LogP contribution in [0.4, 0.5) is 0 Å². The maximum Gasteiger partial charge on any atom is 0.0742 e. The first-order valence-corrected chi connectivity index (χ1v) is 20.0. The van der Waals surface area contributed by atoms with Crippen molar-refractivity contribution in [3.05, 3.63) is 197 Å². The molecule has 52 heavy (non-hydrogen) atoms. The van der Waals surface area contributed by atoms with Gasteiger partial charge in [0.2, 0.25) is 0 Å². The lowest BCUT2D eigenvalue weighted by atomic mass is 9.62. The highest BCUT2D eigenvalue weighted by molar-refractivity contribution is 8.03. The largest absolute Gasteiger partial charge is 0.309 e. The van der Waals surface area contributed by atoms with E-state index in [1.54, 1.807) is 0 Å². The summed E-state index contributed by atoms with van der Waals surface area (Å²) in [6, 6.07) is 50.4. The first-order valence-electron chi connectivity index (χ1n) is 18.4. The second-order valence-corrected chi connectivity index (χ2v) is 16.4. The Kier molecular flexibility index (Phi) is 6.97. The molecule has 4 aliphatic rings. The fraction of sp³-hybridized carbons (Fsp3) is 0.102. The molecule has 2 aliphatic heterocycles. The second-order valence-electron chi connectivity index (χ2n) is 14.2. The lowest BCUT2D eigenvalue weighted by molar-refractivity contribution is 0.670. The molecular formula is C49H35NS2. The molecule has 11 rings (SSSR count).